The molecule has 0 unspecified atom stereocenters. The number of benzene rings is 2. The zero-order valence-electron chi connectivity index (χ0n) is 15.9. The summed E-state index contributed by atoms with van der Waals surface area (Å²) in [5.74, 6) is 2.33. The van der Waals surface area contributed by atoms with E-state index in [0.717, 1.165) is 35.1 Å². The fourth-order valence-corrected chi connectivity index (χ4v) is 3.12. The summed E-state index contributed by atoms with van der Waals surface area (Å²) in [7, 11) is 0. The van der Waals surface area contributed by atoms with Crippen molar-refractivity contribution in [2.45, 2.75) is 20.3 Å². The summed E-state index contributed by atoms with van der Waals surface area (Å²) in [5.41, 5.74) is 7.10. The Morgan fingerprint density at radius 1 is 1.14 bits per heavy atom. The maximum absolute atomic E-state index is 10.4. The van der Waals surface area contributed by atoms with Gasteiger partial charge in [-0.1, -0.05) is 32.0 Å². The van der Waals surface area contributed by atoms with E-state index < -0.39 is 0 Å². The molecule has 0 aliphatic heterocycles. The SMILES string of the molecule is CC(C)CCN=C(N)c1nsc(Nc2ccc(Oc3ccccc3)cc2)c1O. The van der Waals surface area contributed by atoms with Crippen molar-refractivity contribution in [3.8, 4) is 17.2 Å². The monoisotopic (exact) mass is 396 g/mol. The second kappa shape index (κ2) is 9.23. The second-order valence-corrected chi connectivity index (χ2v) is 7.50. The predicted octanol–water partition coefficient (Wildman–Crippen LogP) is 5.14. The Morgan fingerprint density at radius 3 is 2.50 bits per heavy atom. The number of hydrogen-bond acceptors (Lipinski definition) is 6. The van der Waals surface area contributed by atoms with Crippen LogP contribution < -0.4 is 15.8 Å². The summed E-state index contributed by atoms with van der Waals surface area (Å²) in [4.78, 5) is 4.30. The molecule has 0 fully saturated rings. The molecule has 1 heterocycles. The molecule has 28 heavy (non-hydrogen) atoms. The molecule has 7 heteroatoms. The lowest BCUT2D eigenvalue weighted by molar-refractivity contribution is 0.477. The molecule has 3 rings (SSSR count). The molecular weight excluding hydrogens is 372 g/mol. The highest BCUT2D eigenvalue weighted by Crippen LogP contribution is 2.34. The predicted molar refractivity (Wildman–Crippen MR) is 115 cm³/mol. The van der Waals surface area contributed by atoms with Crippen LogP contribution >= 0.6 is 11.5 Å². The van der Waals surface area contributed by atoms with Gasteiger partial charge in [0.25, 0.3) is 0 Å². The third-order valence-electron chi connectivity index (χ3n) is 3.99. The number of hydrogen-bond donors (Lipinski definition) is 3. The molecule has 0 bridgehead atoms. The van der Waals surface area contributed by atoms with Gasteiger partial charge in [0, 0.05) is 12.2 Å². The van der Waals surface area contributed by atoms with Crippen molar-refractivity contribution in [2.24, 2.45) is 16.6 Å². The molecule has 0 atom stereocenters. The van der Waals surface area contributed by atoms with Gasteiger partial charge in [0.1, 0.15) is 17.3 Å². The number of aliphatic imine (C=N–C) groups is 1. The number of rotatable bonds is 8. The summed E-state index contributed by atoms with van der Waals surface area (Å²) < 4.78 is 10.0. The second-order valence-electron chi connectivity index (χ2n) is 6.72. The minimum Gasteiger partial charge on any atom is -0.503 e. The van der Waals surface area contributed by atoms with Gasteiger partial charge in [-0.2, -0.15) is 4.37 Å². The third kappa shape index (κ3) is 5.23. The van der Waals surface area contributed by atoms with Gasteiger partial charge in [-0.05, 0) is 60.3 Å². The van der Waals surface area contributed by atoms with Gasteiger partial charge in [-0.3, -0.25) is 4.99 Å². The Labute approximate surface area is 168 Å². The molecule has 146 valence electrons. The van der Waals surface area contributed by atoms with E-state index >= 15 is 0 Å². The smallest absolute Gasteiger partial charge is 0.182 e. The number of para-hydroxylation sites is 1. The van der Waals surface area contributed by atoms with Crippen LogP contribution in [-0.2, 0) is 0 Å². The first-order valence-corrected chi connectivity index (χ1v) is 9.89. The van der Waals surface area contributed by atoms with Crippen LogP contribution in [0.5, 0.6) is 17.2 Å². The van der Waals surface area contributed by atoms with Gasteiger partial charge >= 0.3 is 0 Å². The van der Waals surface area contributed by atoms with Crippen molar-refractivity contribution < 1.29 is 9.84 Å². The van der Waals surface area contributed by atoms with E-state index in [1.165, 1.54) is 0 Å². The van der Waals surface area contributed by atoms with Crippen molar-refractivity contribution in [3.05, 3.63) is 60.3 Å². The first-order chi connectivity index (χ1) is 13.5. The Morgan fingerprint density at radius 2 is 1.82 bits per heavy atom. The largest absolute Gasteiger partial charge is 0.503 e. The number of anilines is 2. The van der Waals surface area contributed by atoms with Gasteiger partial charge in [-0.15, -0.1) is 0 Å². The van der Waals surface area contributed by atoms with E-state index in [0.29, 0.717) is 23.2 Å². The number of amidine groups is 1. The summed E-state index contributed by atoms with van der Waals surface area (Å²) in [5, 5.41) is 14.1. The molecule has 6 nitrogen and oxygen atoms in total. The number of aromatic hydroxyl groups is 1. The maximum Gasteiger partial charge on any atom is 0.182 e. The van der Waals surface area contributed by atoms with Crippen molar-refractivity contribution in [3.63, 3.8) is 0 Å². The van der Waals surface area contributed by atoms with E-state index in [2.05, 4.69) is 28.5 Å². The number of aromatic nitrogens is 1. The molecular formula is C21H24N4O2S. The van der Waals surface area contributed by atoms with E-state index in [-0.39, 0.29) is 11.6 Å². The van der Waals surface area contributed by atoms with Crippen molar-refractivity contribution >= 4 is 28.1 Å². The number of ether oxygens (including phenoxy) is 1. The van der Waals surface area contributed by atoms with E-state index in [4.69, 9.17) is 10.5 Å². The zero-order chi connectivity index (χ0) is 19.9. The van der Waals surface area contributed by atoms with E-state index in [9.17, 15) is 5.11 Å². The average Bonchev–Trinajstić information content (AvgIpc) is 3.04. The van der Waals surface area contributed by atoms with Crippen LogP contribution in [0.15, 0.2) is 59.6 Å². The average molecular weight is 397 g/mol. The topological polar surface area (TPSA) is 92.8 Å². The minimum absolute atomic E-state index is 0.0143. The number of nitrogens with zero attached hydrogens (tertiary/aromatic N) is 2. The maximum atomic E-state index is 10.4. The first-order valence-electron chi connectivity index (χ1n) is 9.12. The van der Waals surface area contributed by atoms with Gasteiger partial charge < -0.3 is 20.9 Å². The highest BCUT2D eigenvalue weighted by atomic mass is 32.1. The molecule has 2 aromatic carbocycles. The lowest BCUT2D eigenvalue weighted by Crippen LogP contribution is -2.15. The third-order valence-corrected chi connectivity index (χ3v) is 4.74. The highest BCUT2D eigenvalue weighted by Gasteiger charge is 2.16. The fourth-order valence-electron chi connectivity index (χ4n) is 2.42. The molecule has 0 aliphatic carbocycles. The quantitative estimate of drug-likeness (QED) is 0.362. The fraction of sp³-hybridized carbons (Fsp3) is 0.238. The Bertz CT molecular complexity index is 921. The lowest BCUT2D eigenvalue weighted by Gasteiger charge is -2.08. The molecule has 0 amide bonds. The van der Waals surface area contributed by atoms with Gasteiger partial charge in [0.15, 0.2) is 16.4 Å². The molecule has 0 saturated heterocycles. The van der Waals surface area contributed by atoms with Crippen LogP contribution in [0.2, 0.25) is 0 Å². The summed E-state index contributed by atoms with van der Waals surface area (Å²) in [6.07, 6.45) is 0.939. The molecule has 1 aromatic heterocycles. The summed E-state index contributed by atoms with van der Waals surface area (Å²) >= 11 is 1.14. The lowest BCUT2D eigenvalue weighted by atomic mass is 10.1. The van der Waals surface area contributed by atoms with Crippen molar-refractivity contribution in [1.29, 1.82) is 0 Å². The zero-order valence-corrected chi connectivity index (χ0v) is 16.7. The van der Waals surface area contributed by atoms with Crippen LogP contribution in [0.4, 0.5) is 10.7 Å². The van der Waals surface area contributed by atoms with Crippen molar-refractivity contribution in [2.75, 3.05) is 11.9 Å². The first kappa shape index (κ1) is 19.7. The Balaban J connectivity index is 1.65. The van der Waals surface area contributed by atoms with Crippen LogP contribution in [0.1, 0.15) is 26.0 Å². The normalized spacial score (nSPS) is 11.6. The van der Waals surface area contributed by atoms with Crippen molar-refractivity contribution in [1.82, 2.24) is 4.37 Å². The van der Waals surface area contributed by atoms with Gasteiger partial charge in [0.2, 0.25) is 0 Å². The van der Waals surface area contributed by atoms with Crippen LogP contribution in [0, 0.1) is 5.92 Å². The van der Waals surface area contributed by atoms with Crippen LogP contribution in [-0.4, -0.2) is 21.9 Å². The molecule has 3 aromatic rings. The molecule has 0 radical (unpaired) electrons. The summed E-state index contributed by atoms with van der Waals surface area (Å²) in [6.45, 7) is 4.88. The van der Waals surface area contributed by atoms with E-state index in [1.54, 1.807) is 0 Å². The Kier molecular flexibility index (Phi) is 6.49. The summed E-state index contributed by atoms with van der Waals surface area (Å²) in [6, 6.07) is 17.0. The van der Waals surface area contributed by atoms with E-state index in [1.807, 2.05) is 54.6 Å². The van der Waals surface area contributed by atoms with Gasteiger partial charge in [-0.25, -0.2) is 0 Å². The van der Waals surface area contributed by atoms with Crippen LogP contribution in [0.25, 0.3) is 0 Å². The number of nitrogens with two attached hydrogens (primary N) is 1. The highest BCUT2D eigenvalue weighted by molar-refractivity contribution is 7.11. The molecule has 0 saturated carbocycles. The molecule has 4 N–H and O–H groups in total. The standard InChI is InChI=1S/C21H24N4O2S/c1-14(2)12-13-23-20(22)18-19(26)21(28-25-18)24-15-8-10-17(11-9-15)27-16-6-4-3-5-7-16/h3-11,14,24,26H,12-13H2,1-2H3,(H2,22,23). The minimum atomic E-state index is 0.0143. The van der Waals surface area contributed by atoms with Gasteiger partial charge in [0.05, 0.1) is 0 Å². The number of nitrogens with one attached hydrogen (secondary N) is 1. The Hall–Kier alpha value is -3.06. The van der Waals surface area contributed by atoms with Crippen LogP contribution in [0.3, 0.4) is 0 Å². The molecule has 0 aliphatic rings. The molecule has 0 spiro atoms.